The van der Waals surface area contributed by atoms with Crippen molar-refractivity contribution in [3.8, 4) is 0 Å². The minimum atomic E-state index is -1.26. The number of amides is 2. The molecule has 0 spiro atoms. The number of carboxylic acid groups (broad SMARTS) is 2. The Morgan fingerprint density at radius 3 is 2.82 bits per heavy atom. The molecule has 2 saturated heterocycles. The van der Waals surface area contributed by atoms with Crippen LogP contribution in [0.2, 0.25) is 0 Å². The van der Waals surface area contributed by atoms with Crippen molar-refractivity contribution in [3.05, 3.63) is 16.6 Å². The largest absolute Gasteiger partial charge is 0.481 e. The topological polar surface area (TPSA) is 158 Å². The van der Waals surface area contributed by atoms with E-state index in [2.05, 4.69) is 20.3 Å². The van der Waals surface area contributed by atoms with Gasteiger partial charge in [0.15, 0.2) is 5.71 Å². The molecule has 150 valence electrons. The van der Waals surface area contributed by atoms with Gasteiger partial charge in [0.1, 0.15) is 17.1 Å². The number of fused-ring (bicyclic) bond motifs is 1. The summed E-state index contributed by atoms with van der Waals surface area (Å²) in [5.41, 5.74) is 0.370. The minimum absolute atomic E-state index is 0.0694. The normalized spacial score (nSPS) is 26.8. The molecule has 0 saturated carbocycles. The summed E-state index contributed by atoms with van der Waals surface area (Å²) in [5.74, 6) is -3.06. The van der Waals surface area contributed by atoms with E-state index in [1.807, 2.05) is 0 Å². The number of aliphatic carboxylic acids is 2. The summed E-state index contributed by atoms with van der Waals surface area (Å²) in [5, 5.41) is 25.2. The number of nitrogens with zero attached hydrogens (tertiary/aromatic N) is 3. The molecule has 2 aliphatic heterocycles. The highest BCUT2D eigenvalue weighted by atomic mass is 32.2. The quantitative estimate of drug-likeness (QED) is 0.294. The van der Waals surface area contributed by atoms with Crippen LogP contribution in [0, 0.1) is 5.41 Å². The summed E-state index contributed by atoms with van der Waals surface area (Å²) in [7, 11) is 0. The third kappa shape index (κ3) is 3.80. The Morgan fingerprint density at radius 2 is 2.21 bits per heavy atom. The van der Waals surface area contributed by atoms with Crippen LogP contribution in [0.1, 0.15) is 12.6 Å². The molecule has 0 aromatic carbocycles. The standard InChI is InChI=1S/C15H16N4O7S2/c1-15(14(24)25)4-19-12(23)10(13(19)28-5-15)17-11(22)9(7-3-27-6-16-7)18-26-2-8(20)21/h3,6,10,13H,2,4-5H2,1H3,(H,17,22)(H,20,21)(H,24,25)/t10?,13-,15?/m1/s1. The van der Waals surface area contributed by atoms with E-state index in [1.54, 1.807) is 6.92 Å². The van der Waals surface area contributed by atoms with Gasteiger partial charge in [0, 0.05) is 17.7 Å². The first-order valence-corrected chi connectivity index (χ1v) is 9.99. The van der Waals surface area contributed by atoms with Gasteiger partial charge in [-0.1, -0.05) is 5.16 Å². The lowest BCUT2D eigenvalue weighted by Gasteiger charge is -2.53. The second-order valence-electron chi connectivity index (χ2n) is 6.47. The summed E-state index contributed by atoms with van der Waals surface area (Å²) in [4.78, 5) is 57.0. The number of hydrogen-bond donors (Lipinski definition) is 3. The van der Waals surface area contributed by atoms with E-state index >= 15 is 0 Å². The summed E-state index contributed by atoms with van der Waals surface area (Å²) in [6, 6.07) is -0.834. The van der Waals surface area contributed by atoms with Crippen LogP contribution in [0.3, 0.4) is 0 Å². The number of rotatable bonds is 7. The highest BCUT2D eigenvalue weighted by molar-refractivity contribution is 8.00. The predicted octanol–water partition coefficient (Wildman–Crippen LogP) is -0.561. The van der Waals surface area contributed by atoms with Crippen molar-refractivity contribution in [1.82, 2.24) is 15.2 Å². The van der Waals surface area contributed by atoms with Gasteiger partial charge in [-0.15, -0.1) is 23.1 Å². The summed E-state index contributed by atoms with van der Waals surface area (Å²) in [6.45, 7) is 0.911. The van der Waals surface area contributed by atoms with Gasteiger partial charge in [-0.25, -0.2) is 9.78 Å². The van der Waals surface area contributed by atoms with Crippen LogP contribution >= 0.6 is 23.1 Å². The fourth-order valence-corrected chi connectivity index (χ4v) is 4.75. The predicted molar refractivity (Wildman–Crippen MR) is 97.9 cm³/mol. The summed E-state index contributed by atoms with van der Waals surface area (Å²) >= 11 is 2.49. The molecule has 2 aliphatic rings. The van der Waals surface area contributed by atoms with Gasteiger partial charge >= 0.3 is 11.9 Å². The molecule has 11 nitrogen and oxygen atoms in total. The van der Waals surface area contributed by atoms with Gasteiger partial charge in [-0.3, -0.25) is 14.4 Å². The Kier molecular flexibility index (Phi) is 5.56. The van der Waals surface area contributed by atoms with Gasteiger partial charge in [0.25, 0.3) is 5.91 Å². The monoisotopic (exact) mass is 428 g/mol. The molecule has 3 atom stereocenters. The maximum Gasteiger partial charge on any atom is 0.344 e. The van der Waals surface area contributed by atoms with Crippen molar-refractivity contribution in [1.29, 1.82) is 0 Å². The van der Waals surface area contributed by atoms with Gasteiger partial charge in [-0.2, -0.15) is 0 Å². The fraction of sp³-hybridized carbons (Fsp3) is 0.467. The molecular weight excluding hydrogens is 412 g/mol. The van der Waals surface area contributed by atoms with Crippen LogP contribution in [0.5, 0.6) is 0 Å². The lowest BCUT2D eigenvalue weighted by molar-refractivity contribution is -0.157. The fourth-order valence-electron chi connectivity index (χ4n) is 2.73. The van der Waals surface area contributed by atoms with Crippen LogP contribution < -0.4 is 5.32 Å². The SMILES string of the molecule is CC1(C(=O)O)CS[C@@H]2C(NC(=O)C(=NOCC(=O)O)c3cscn3)C(=O)N2C1. The minimum Gasteiger partial charge on any atom is -0.481 e. The number of nitrogens with one attached hydrogen (secondary N) is 1. The Bertz CT molecular complexity index is 843. The zero-order valence-corrected chi connectivity index (χ0v) is 16.2. The average Bonchev–Trinajstić information content (AvgIpc) is 3.17. The maximum atomic E-state index is 12.6. The summed E-state index contributed by atoms with van der Waals surface area (Å²) < 4.78 is 0. The number of thiazole rings is 1. The molecule has 0 radical (unpaired) electrons. The van der Waals surface area contributed by atoms with Crippen LogP contribution in [0.4, 0.5) is 0 Å². The molecule has 3 heterocycles. The molecule has 1 aromatic rings. The van der Waals surface area contributed by atoms with E-state index in [1.165, 1.54) is 38.9 Å². The van der Waals surface area contributed by atoms with Gasteiger partial charge < -0.3 is 25.3 Å². The zero-order valence-electron chi connectivity index (χ0n) is 14.5. The number of aromatic nitrogens is 1. The summed E-state index contributed by atoms with van der Waals surface area (Å²) in [6.07, 6.45) is 0. The van der Waals surface area contributed by atoms with Crippen molar-refractivity contribution in [2.45, 2.75) is 18.3 Å². The Morgan fingerprint density at radius 1 is 1.46 bits per heavy atom. The lowest BCUT2D eigenvalue weighted by atomic mass is 9.89. The molecule has 3 N–H and O–H groups in total. The van der Waals surface area contributed by atoms with E-state index in [4.69, 9.17) is 5.11 Å². The van der Waals surface area contributed by atoms with E-state index in [0.717, 1.165) is 0 Å². The van der Waals surface area contributed by atoms with Gasteiger partial charge in [0.2, 0.25) is 12.5 Å². The highest BCUT2D eigenvalue weighted by Gasteiger charge is 2.56. The second kappa shape index (κ2) is 7.75. The molecular formula is C15H16N4O7S2. The molecule has 2 fully saturated rings. The van der Waals surface area contributed by atoms with Gasteiger partial charge in [0.05, 0.1) is 10.9 Å². The number of carbonyl (C=O) groups is 4. The molecule has 13 heteroatoms. The number of β-lactam (4-membered cyclic amide) rings is 1. The van der Waals surface area contributed by atoms with E-state index in [9.17, 15) is 24.3 Å². The van der Waals surface area contributed by atoms with Gasteiger partial charge in [-0.05, 0) is 6.92 Å². The maximum absolute atomic E-state index is 12.6. The molecule has 2 amide bonds. The first-order chi connectivity index (χ1) is 13.2. The first kappa shape index (κ1) is 20.1. The molecule has 2 unspecified atom stereocenters. The molecule has 1 aromatic heterocycles. The zero-order chi connectivity index (χ0) is 20.5. The van der Waals surface area contributed by atoms with Crippen molar-refractivity contribution in [2.75, 3.05) is 18.9 Å². The first-order valence-electron chi connectivity index (χ1n) is 7.99. The Hall–Kier alpha value is -2.67. The van der Waals surface area contributed by atoms with Crippen LogP contribution in [-0.4, -0.2) is 79.9 Å². The van der Waals surface area contributed by atoms with E-state index in [0.29, 0.717) is 5.75 Å². The smallest absolute Gasteiger partial charge is 0.344 e. The lowest BCUT2D eigenvalue weighted by Crippen LogP contribution is -2.73. The second-order valence-corrected chi connectivity index (χ2v) is 8.29. The van der Waals surface area contributed by atoms with E-state index in [-0.39, 0.29) is 29.2 Å². The number of oxime groups is 1. The number of carboxylic acids is 2. The number of hydrogen-bond acceptors (Lipinski definition) is 9. The Labute approximate surface area is 166 Å². The third-order valence-electron chi connectivity index (χ3n) is 4.27. The average molecular weight is 428 g/mol. The number of carbonyl (C=O) groups excluding carboxylic acids is 2. The molecule has 28 heavy (non-hydrogen) atoms. The molecule has 3 rings (SSSR count). The van der Waals surface area contributed by atoms with Crippen molar-refractivity contribution in [2.24, 2.45) is 10.6 Å². The molecule has 0 aliphatic carbocycles. The third-order valence-corrected chi connectivity index (χ3v) is 6.53. The highest BCUT2D eigenvalue weighted by Crippen LogP contribution is 2.41. The van der Waals surface area contributed by atoms with Crippen molar-refractivity contribution in [3.63, 3.8) is 0 Å². The van der Waals surface area contributed by atoms with Crippen molar-refractivity contribution < 1.29 is 34.2 Å². The van der Waals surface area contributed by atoms with E-state index < -0.39 is 35.9 Å². The van der Waals surface area contributed by atoms with Crippen LogP contribution in [0.15, 0.2) is 16.0 Å². The van der Waals surface area contributed by atoms with Crippen molar-refractivity contribution >= 4 is 52.6 Å². The van der Waals surface area contributed by atoms with Crippen LogP contribution in [-0.2, 0) is 24.0 Å². The molecule has 0 bridgehead atoms. The number of thioether (sulfide) groups is 1. The van der Waals surface area contributed by atoms with Crippen LogP contribution in [0.25, 0.3) is 0 Å². The Balaban J connectivity index is 1.69.